The van der Waals surface area contributed by atoms with Crippen molar-refractivity contribution in [1.82, 2.24) is 0 Å². The van der Waals surface area contributed by atoms with Gasteiger partial charge < -0.3 is 0 Å². The molecule has 0 amide bonds. The smallest absolute Gasteiger partial charge is 0 e. The first kappa shape index (κ1) is 16.0. The molecule has 0 atom stereocenters. The van der Waals surface area contributed by atoms with Crippen LogP contribution in [0.15, 0.2) is 0 Å². The fourth-order valence-electron chi connectivity index (χ4n) is 0. The minimum Gasteiger partial charge on any atom is 0 e. The van der Waals surface area contributed by atoms with Crippen LogP contribution in [0.3, 0.4) is 0 Å². The molecule has 0 aromatic rings. The van der Waals surface area contributed by atoms with E-state index in [0.717, 1.165) is 0 Å². The largest absolute Gasteiger partial charge is 0 e. The molecule has 36 valence electrons. The summed E-state index contributed by atoms with van der Waals surface area (Å²) in [6.07, 6.45) is 0. The predicted molar refractivity (Wildman–Crippen MR) is 12.9 cm³/mol. The first-order valence-electron chi connectivity index (χ1n) is 0.667. The average Bonchev–Trinajstić information content (AvgIpc) is 0.722. The molecule has 0 aromatic carbocycles. The third-order valence-corrected chi connectivity index (χ3v) is 0. The predicted octanol–water partition coefficient (Wildman–Crippen LogP) is -3.38. The van der Waals surface area contributed by atoms with E-state index in [1.807, 2.05) is 0 Å². The van der Waals surface area contributed by atoms with E-state index < -0.39 is 16.7 Å². The van der Waals surface area contributed by atoms with Gasteiger partial charge in [0.2, 0.25) is 0 Å². The Labute approximate surface area is 80.3 Å². The van der Waals surface area contributed by atoms with Crippen molar-refractivity contribution in [2.24, 2.45) is 0 Å². The van der Waals surface area contributed by atoms with Crippen LogP contribution < -0.4 is 7.52 Å². The van der Waals surface area contributed by atoms with Crippen molar-refractivity contribution in [1.29, 1.82) is 0 Å². The van der Waals surface area contributed by atoms with Gasteiger partial charge in [-0.3, -0.25) is 0 Å². The van der Waals surface area contributed by atoms with Crippen LogP contribution in [0.25, 0.3) is 0 Å². The monoisotopic (exact) mass is 480 g/mol. The van der Waals surface area contributed by atoms with E-state index in [1.165, 1.54) is 0 Å². The van der Waals surface area contributed by atoms with E-state index in [-0.39, 0.29) is 50.4 Å². The summed E-state index contributed by atoms with van der Waals surface area (Å²) in [4.78, 5) is 0. The van der Waals surface area contributed by atoms with Crippen molar-refractivity contribution in [3.8, 4) is 0 Å². The Kier molecular flexibility index (Phi) is 13.7. The molecule has 0 rings (SSSR count). The van der Waals surface area contributed by atoms with Crippen LogP contribution in [-0.4, -0.2) is 50.4 Å². The van der Waals surface area contributed by atoms with Gasteiger partial charge in [-0.2, -0.15) is 0 Å². The van der Waals surface area contributed by atoms with Crippen LogP contribution in [0.1, 0.15) is 0 Å². The molecular weight excluding hydrogens is 479 g/mol. The molecule has 0 aliphatic rings. The summed E-state index contributed by atoms with van der Waals surface area (Å²) in [5.74, 6) is 0. The molecule has 0 bridgehead atoms. The molecule has 0 unspecified atom stereocenters. The third kappa shape index (κ3) is 76.3. The summed E-state index contributed by atoms with van der Waals surface area (Å²) in [6, 6.07) is 0. The molecule has 7 heteroatoms. The Bertz CT molecular complexity index is 94.9. The Hall–Kier alpha value is 1.90. The van der Waals surface area contributed by atoms with Gasteiger partial charge in [-0.25, -0.2) is 0 Å². The number of rotatable bonds is 0. The molecular formula is MgO4PbW. The second-order valence-corrected chi connectivity index (χ2v) is 3.34. The van der Waals surface area contributed by atoms with Gasteiger partial charge in [0.25, 0.3) is 0 Å². The third-order valence-electron chi connectivity index (χ3n) is 0. The standard InChI is InChI=1S/Mg.4O.Pb.W/q+2;;;2*-1;;. The zero-order chi connectivity index (χ0) is 4.50. The van der Waals surface area contributed by atoms with Crippen molar-refractivity contribution >= 4 is 50.4 Å². The fourth-order valence-corrected chi connectivity index (χ4v) is 0. The maximum atomic E-state index is 8.65. The molecule has 0 saturated carbocycles. The van der Waals surface area contributed by atoms with Gasteiger partial charge in [0, 0.05) is 27.3 Å². The summed E-state index contributed by atoms with van der Waals surface area (Å²) in [7, 11) is 0. The minimum atomic E-state index is -6.17. The summed E-state index contributed by atoms with van der Waals surface area (Å²) < 4.78 is 34.6. The number of hydrogen-bond acceptors (Lipinski definition) is 4. The Balaban J connectivity index is -0.0000000800. The maximum absolute atomic E-state index is 8.65. The molecule has 0 fully saturated rings. The Morgan fingerprint density at radius 2 is 1.14 bits per heavy atom. The van der Waals surface area contributed by atoms with Crippen LogP contribution >= 0.6 is 0 Å². The molecule has 0 aromatic heterocycles. The summed E-state index contributed by atoms with van der Waals surface area (Å²) in [5.41, 5.74) is 0. The van der Waals surface area contributed by atoms with Crippen molar-refractivity contribution in [2.45, 2.75) is 0 Å². The number of hydrogen-bond donors (Lipinski definition) is 0. The fraction of sp³-hybridized carbons (Fsp3) is 0. The second kappa shape index (κ2) is 6.02. The van der Waals surface area contributed by atoms with Gasteiger partial charge in [0.15, 0.2) is 0 Å². The minimum absolute atomic E-state index is 0. The van der Waals surface area contributed by atoms with E-state index in [9.17, 15) is 0 Å². The van der Waals surface area contributed by atoms with E-state index >= 15 is 0 Å². The van der Waals surface area contributed by atoms with Gasteiger partial charge in [0.1, 0.15) is 0 Å². The van der Waals surface area contributed by atoms with Crippen LogP contribution in [0.5, 0.6) is 0 Å². The first-order valence-corrected chi connectivity index (χ1v) is 5.46. The molecule has 0 aliphatic heterocycles. The normalized spacial score (nSPS) is 8.29. The topological polar surface area (TPSA) is 80.3 Å². The SMILES string of the molecule is [Mg+2].[O]=[W](=[O])([O-])[O-].[Pb]. The average molecular weight is 479 g/mol. The quantitative estimate of drug-likeness (QED) is 0.340. The van der Waals surface area contributed by atoms with Crippen molar-refractivity contribution in [3.05, 3.63) is 0 Å². The maximum Gasteiger partial charge on any atom is 0 e. The molecule has 4 radical (unpaired) electrons. The van der Waals surface area contributed by atoms with Gasteiger partial charge in [-0.15, -0.1) is 0 Å². The Morgan fingerprint density at radius 3 is 1.14 bits per heavy atom. The van der Waals surface area contributed by atoms with Gasteiger partial charge in [-0.1, -0.05) is 0 Å². The van der Waals surface area contributed by atoms with Gasteiger partial charge >= 0.3 is 54.1 Å². The van der Waals surface area contributed by atoms with Crippen LogP contribution in [0.4, 0.5) is 0 Å². The van der Waals surface area contributed by atoms with E-state index in [2.05, 4.69) is 0 Å². The van der Waals surface area contributed by atoms with Crippen molar-refractivity contribution in [2.75, 3.05) is 0 Å². The van der Waals surface area contributed by atoms with E-state index in [4.69, 9.17) is 14.3 Å². The molecule has 4 nitrogen and oxygen atoms in total. The van der Waals surface area contributed by atoms with Crippen molar-refractivity contribution in [3.63, 3.8) is 0 Å². The molecule has 7 heavy (non-hydrogen) atoms. The summed E-state index contributed by atoms with van der Waals surface area (Å²) in [5, 5.41) is 0. The Morgan fingerprint density at radius 1 is 1.14 bits per heavy atom. The summed E-state index contributed by atoms with van der Waals surface area (Å²) >= 11 is -6.17. The zero-order valence-corrected chi connectivity index (χ0v) is 11.5. The van der Waals surface area contributed by atoms with Crippen molar-refractivity contribution < 1.29 is 31.1 Å². The first-order chi connectivity index (χ1) is 2.00. The zero-order valence-electron chi connectivity index (χ0n) is 3.25. The van der Waals surface area contributed by atoms with Gasteiger partial charge in [0.05, 0.1) is 0 Å². The molecule has 0 spiro atoms. The molecule has 0 saturated heterocycles. The van der Waals surface area contributed by atoms with E-state index in [0.29, 0.717) is 0 Å². The summed E-state index contributed by atoms with van der Waals surface area (Å²) in [6.45, 7) is 0. The molecule has 0 N–H and O–H groups in total. The van der Waals surface area contributed by atoms with E-state index in [1.54, 1.807) is 0 Å². The molecule has 0 aliphatic carbocycles. The van der Waals surface area contributed by atoms with Crippen LogP contribution in [0, 0.1) is 0 Å². The second-order valence-electron chi connectivity index (χ2n) is 0.408. The van der Waals surface area contributed by atoms with Crippen LogP contribution in [-0.2, 0) is 23.5 Å². The van der Waals surface area contributed by atoms with Crippen LogP contribution in [0.2, 0.25) is 0 Å². The van der Waals surface area contributed by atoms with Gasteiger partial charge in [-0.05, 0) is 0 Å². The molecule has 0 heterocycles.